The van der Waals surface area contributed by atoms with Crippen LogP contribution in [-0.2, 0) is 17.5 Å². The second-order valence-corrected chi connectivity index (χ2v) is 10.9. The molecule has 7 nitrogen and oxygen atoms in total. The number of hydrogen-bond acceptors (Lipinski definition) is 6. The molecule has 1 aromatic carbocycles. The molecule has 1 saturated carbocycles. The molecule has 1 spiro atoms. The second kappa shape index (κ2) is 9.37. The number of likely N-dealkylation sites (tertiary alicyclic amines) is 1. The van der Waals surface area contributed by atoms with Crippen LogP contribution in [0, 0.1) is 5.41 Å². The first-order valence-corrected chi connectivity index (χ1v) is 12.5. The Morgan fingerprint density at radius 3 is 2.39 bits per heavy atom. The molecule has 2 aliphatic heterocycles. The van der Waals surface area contributed by atoms with Gasteiger partial charge in [-0.3, -0.25) is 4.90 Å². The van der Waals surface area contributed by atoms with E-state index < -0.39 is 11.9 Å². The van der Waals surface area contributed by atoms with Crippen LogP contribution in [0.15, 0.2) is 36.7 Å². The van der Waals surface area contributed by atoms with E-state index in [9.17, 15) is 18.0 Å². The highest BCUT2D eigenvalue weighted by molar-refractivity contribution is 6.30. The Morgan fingerprint density at radius 2 is 1.78 bits per heavy atom. The molecule has 1 aromatic heterocycles. The molecular weight excluding hydrogens is 495 g/mol. The summed E-state index contributed by atoms with van der Waals surface area (Å²) in [7, 11) is 0. The van der Waals surface area contributed by atoms with Gasteiger partial charge in [0, 0.05) is 55.2 Å². The first-order chi connectivity index (χ1) is 17.0. The largest absolute Gasteiger partial charge is 0.446 e. The molecule has 0 N–H and O–H groups in total. The average molecular weight is 524 g/mol. The molecule has 0 bridgehead atoms. The molecule has 0 radical (unpaired) electrons. The third-order valence-electron chi connectivity index (χ3n) is 7.47. The van der Waals surface area contributed by atoms with Crippen molar-refractivity contribution in [2.45, 2.75) is 57.6 Å². The van der Waals surface area contributed by atoms with Gasteiger partial charge in [-0.1, -0.05) is 23.7 Å². The molecule has 0 unspecified atom stereocenters. The first kappa shape index (κ1) is 25.1. The van der Waals surface area contributed by atoms with Crippen LogP contribution in [0.5, 0.6) is 0 Å². The molecular formula is C25H29ClF3N5O2. The number of halogens is 4. The summed E-state index contributed by atoms with van der Waals surface area (Å²) in [6.07, 6.45) is -1.29. The van der Waals surface area contributed by atoms with Crippen LogP contribution in [0.3, 0.4) is 0 Å². The van der Waals surface area contributed by atoms with Gasteiger partial charge in [0.05, 0.1) is 12.4 Å². The smallest absolute Gasteiger partial charge is 0.434 e. The molecule has 11 heteroatoms. The van der Waals surface area contributed by atoms with Crippen molar-refractivity contribution < 1.29 is 22.7 Å². The van der Waals surface area contributed by atoms with Crippen molar-refractivity contribution in [3.63, 3.8) is 0 Å². The van der Waals surface area contributed by atoms with Crippen LogP contribution in [-0.4, -0.2) is 70.2 Å². The van der Waals surface area contributed by atoms with Gasteiger partial charge in [-0.25, -0.2) is 14.8 Å². The van der Waals surface area contributed by atoms with Gasteiger partial charge in [0.25, 0.3) is 0 Å². The summed E-state index contributed by atoms with van der Waals surface area (Å²) in [5.74, 6) is 0.365. The van der Waals surface area contributed by atoms with E-state index in [4.69, 9.17) is 16.3 Å². The van der Waals surface area contributed by atoms with Gasteiger partial charge in [-0.05, 0) is 44.4 Å². The lowest BCUT2D eigenvalue weighted by molar-refractivity contribution is -0.141. The minimum absolute atomic E-state index is 0.0727. The van der Waals surface area contributed by atoms with Crippen LogP contribution in [0.4, 0.5) is 23.8 Å². The molecule has 3 fully saturated rings. The summed E-state index contributed by atoms with van der Waals surface area (Å²) >= 11 is 5.96. The van der Waals surface area contributed by atoms with Gasteiger partial charge >= 0.3 is 12.3 Å². The Hall–Kier alpha value is -2.59. The monoisotopic (exact) mass is 523 g/mol. The molecule has 2 aromatic rings. The normalized spacial score (nSPS) is 24.4. The number of rotatable bonds is 4. The summed E-state index contributed by atoms with van der Waals surface area (Å²) in [6, 6.07) is 7.59. The van der Waals surface area contributed by atoms with Crippen LogP contribution < -0.4 is 4.90 Å². The number of hydrogen-bond donors (Lipinski definition) is 0. The quantitative estimate of drug-likeness (QED) is 0.571. The number of benzene rings is 1. The number of alkyl halides is 3. The fourth-order valence-corrected chi connectivity index (χ4v) is 5.76. The summed E-state index contributed by atoms with van der Waals surface area (Å²) in [4.78, 5) is 26.4. The fourth-order valence-electron chi connectivity index (χ4n) is 5.64. The molecule has 36 heavy (non-hydrogen) atoms. The summed E-state index contributed by atoms with van der Waals surface area (Å²) < 4.78 is 44.2. The van der Waals surface area contributed by atoms with Gasteiger partial charge in [0.1, 0.15) is 11.9 Å². The van der Waals surface area contributed by atoms with Crippen molar-refractivity contribution in [2.24, 2.45) is 5.41 Å². The van der Waals surface area contributed by atoms with Crippen LogP contribution in [0.2, 0.25) is 5.02 Å². The Bertz CT molecular complexity index is 1080. The maximum absolute atomic E-state index is 12.9. The predicted octanol–water partition coefficient (Wildman–Crippen LogP) is 4.85. The number of carbonyl (C=O) groups excluding carboxylic acids is 1. The Balaban J connectivity index is 1.08. The van der Waals surface area contributed by atoms with Crippen molar-refractivity contribution in [2.75, 3.05) is 31.1 Å². The summed E-state index contributed by atoms with van der Waals surface area (Å²) in [5.41, 5.74) is 0.462. The molecule has 194 valence electrons. The van der Waals surface area contributed by atoms with E-state index in [1.807, 2.05) is 43.0 Å². The minimum atomic E-state index is -4.53. The highest BCUT2D eigenvalue weighted by Crippen LogP contribution is 2.50. The van der Waals surface area contributed by atoms with Crippen molar-refractivity contribution in [3.8, 4) is 0 Å². The first-order valence-electron chi connectivity index (χ1n) is 12.1. The summed E-state index contributed by atoms with van der Waals surface area (Å²) in [5, 5.41) is 0.737. The summed E-state index contributed by atoms with van der Waals surface area (Å²) in [6.45, 7) is 7.55. The number of amides is 1. The van der Waals surface area contributed by atoms with E-state index in [-0.39, 0.29) is 29.7 Å². The van der Waals surface area contributed by atoms with Gasteiger partial charge in [0.2, 0.25) is 0 Å². The zero-order valence-electron chi connectivity index (χ0n) is 20.2. The molecule has 2 saturated heterocycles. The lowest BCUT2D eigenvalue weighted by atomic mass is 9.61. The lowest BCUT2D eigenvalue weighted by Gasteiger charge is -2.58. The zero-order chi connectivity index (χ0) is 25.7. The Morgan fingerprint density at radius 1 is 1.08 bits per heavy atom. The van der Waals surface area contributed by atoms with Gasteiger partial charge in [-0.2, -0.15) is 13.2 Å². The number of ether oxygens (including phenoxy) is 1. The van der Waals surface area contributed by atoms with Crippen LogP contribution in [0.25, 0.3) is 0 Å². The SMILES string of the molecule is C[C@@H]1CN(c2cnc(C(F)(F)F)cn2)[C@@H](C)CN1C(=O)OC1CC2(C1)CN(Cc1ccc(Cl)cc1)C2. The Labute approximate surface area is 213 Å². The van der Waals surface area contributed by atoms with Gasteiger partial charge < -0.3 is 14.5 Å². The van der Waals surface area contributed by atoms with E-state index in [1.54, 1.807) is 4.90 Å². The van der Waals surface area contributed by atoms with Crippen molar-refractivity contribution in [3.05, 3.63) is 52.9 Å². The lowest BCUT2D eigenvalue weighted by Crippen LogP contribution is -2.64. The molecule has 1 aliphatic carbocycles. The van der Waals surface area contributed by atoms with Crippen molar-refractivity contribution in [1.29, 1.82) is 0 Å². The average Bonchev–Trinajstić information content (AvgIpc) is 2.78. The topological polar surface area (TPSA) is 61.8 Å². The third kappa shape index (κ3) is 5.11. The van der Waals surface area contributed by atoms with E-state index in [0.29, 0.717) is 18.9 Å². The Kier molecular flexibility index (Phi) is 6.53. The van der Waals surface area contributed by atoms with Crippen molar-refractivity contribution >= 4 is 23.5 Å². The maximum Gasteiger partial charge on any atom is 0.434 e. The second-order valence-electron chi connectivity index (χ2n) is 10.4. The van der Waals surface area contributed by atoms with Crippen LogP contribution in [0.1, 0.15) is 37.9 Å². The van der Waals surface area contributed by atoms with E-state index in [2.05, 4.69) is 14.9 Å². The number of nitrogens with zero attached hydrogens (tertiary/aromatic N) is 5. The fraction of sp³-hybridized carbons (Fsp3) is 0.560. The number of carbonyl (C=O) groups is 1. The zero-order valence-corrected chi connectivity index (χ0v) is 21.0. The van der Waals surface area contributed by atoms with Gasteiger partial charge in [0.15, 0.2) is 5.69 Å². The third-order valence-corrected chi connectivity index (χ3v) is 7.72. The van der Waals surface area contributed by atoms with Crippen molar-refractivity contribution in [1.82, 2.24) is 19.8 Å². The molecule has 3 heterocycles. The molecule has 5 rings (SSSR count). The number of aromatic nitrogens is 2. The molecule has 2 atom stereocenters. The standard InChI is InChI=1S/C25H29ClF3N5O2/c1-16-12-34(17(2)11-33(16)22-10-30-21(9-31-22)25(27,28)29)23(35)36-20-7-24(8-20)14-32(15-24)13-18-3-5-19(26)6-4-18/h3-6,9-10,16-17,20H,7-8,11-15H2,1-2H3/t16-,17+/m0/s1. The molecule has 1 amide bonds. The van der Waals surface area contributed by atoms with E-state index >= 15 is 0 Å². The number of anilines is 1. The maximum atomic E-state index is 12.9. The highest BCUT2D eigenvalue weighted by atomic mass is 35.5. The van der Waals surface area contributed by atoms with Gasteiger partial charge in [-0.15, -0.1) is 0 Å². The van der Waals surface area contributed by atoms with E-state index in [1.165, 1.54) is 5.56 Å². The van der Waals surface area contributed by atoms with E-state index in [0.717, 1.165) is 49.9 Å². The van der Waals surface area contributed by atoms with Crippen LogP contribution >= 0.6 is 11.6 Å². The number of piperazine rings is 1. The molecule has 3 aliphatic rings. The highest BCUT2D eigenvalue weighted by Gasteiger charge is 2.54. The minimum Gasteiger partial charge on any atom is -0.446 e. The predicted molar refractivity (Wildman–Crippen MR) is 129 cm³/mol.